The van der Waals surface area contributed by atoms with Gasteiger partial charge in [-0.05, 0) is 30.7 Å². The summed E-state index contributed by atoms with van der Waals surface area (Å²) < 4.78 is 5.19. The SMILES string of the molecule is NCCCC(=O)NCc1ccc2ncoc2c1. The van der Waals surface area contributed by atoms with E-state index in [1.165, 1.54) is 6.39 Å². The molecule has 0 aliphatic carbocycles. The quantitative estimate of drug-likeness (QED) is 0.812. The molecule has 0 fully saturated rings. The van der Waals surface area contributed by atoms with Crippen LogP contribution in [0, 0.1) is 0 Å². The van der Waals surface area contributed by atoms with Gasteiger partial charge in [0.05, 0.1) is 0 Å². The molecule has 0 radical (unpaired) electrons. The summed E-state index contributed by atoms with van der Waals surface area (Å²) in [5, 5.41) is 2.83. The Morgan fingerprint density at radius 2 is 2.35 bits per heavy atom. The van der Waals surface area contributed by atoms with Gasteiger partial charge in [-0.15, -0.1) is 0 Å². The molecule has 1 aromatic carbocycles. The Labute approximate surface area is 99.0 Å². The number of fused-ring (bicyclic) bond motifs is 1. The molecule has 90 valence electrons. The van der Waals surface area contributed by atoms with Gasteiger partial charge in [0.15, 0.2) is 12.0 Å². The van der Waals surface area contributed by atoms with Crippen LogP contribution >= 0.6 is 0 Å². The summed E-state index contributed by atoms with van der Waals surface area (Å²) in [5.41, 5.74) is 7.89. The van der Waals surface area contributed by atoms with Crippen LogP contribution in [0.5, 0.6) is 0 Å². The van der Waals surface area contributed by atoms with Crippen molar-refractivity contribution in [1.82, 2.24) is 10.3 Å². The number of nitrogens with zero attached hydrogens (tertiary/aromatic N) is 1. The van der Waals surface area contributed by atoms with Crippen LogP contribution in [0.1, 0.15) is 18.4 Å². The Hall–Kier alpha value is -1.88. The van der Waals surface area contributed by atoms with Crippen molar-refractivity contribution in [3.8, 4) is 0 Å². The number of amides is 1. The van der Waals surface area contributed by atoms with E-state index in [9.17, 15) is 4.79 Å². The number of carbonyl (C=O) groups is 1. The normalized spacial score (nSPS) is 10.6. The van der Waals surface area contributed by atoms with Gasteiger partial charge in [-0.2, -0.15) is 0 Å². The Morgan fingerprint density at radius 3 is 3.18 bits per heavy atom. The monoisotopic (exact) mass is 233 g/mol. The number of aromatic nitrogens is 1. The van der Waals surface area contributed by atoms with Crippen LogP contribution in [0.25, 0.3) is 11.1 Å². The molecule has 3 N–H and O–H groups in total. The van der Waals surface area contributed by atoms with Crippen LogP contribution in [-0.4, -0.2) is 17.4 Å². The van der Waals surface area contributed by atoms with E-state index in [1.807, 2.05) is 18.2 Å². The van der Waals surface area contributed by atoms with Gasteiger partial charge in [-0.1, -0.05) is 6.07 Å². The first-order valence-corrected chi connectivity index (χ1v) is 5.58. The lowest BCUT2D eigenvalue weighted by Crippen LogP contribution is -2.23. The van der Waals surface area contributed by atoms with Gasteiger partial charge in [-0.25, -0.2) is 4.98 Å². The van der Waals surface area contributed by atoms with Crippen molar-refractivity contribution in [2.45, 2.75) is 19.4 Å². The number of hydrogen-bond acceptors (Lipinski definition) is 4. The van der Waals surface area contributed by atoms with Crippen molar-refractivity contribution >= 4 is 17.0 Å². The summed E-state index contributed by atoms with van der Waals surface area (Å²) in [6, 6.07) is 5.68. The Bertz CT molecular complexity index is 507. The molecule has 5 nitrogen and oxygen atoms in total. The number of nitrogens with one attached hydrogen (secondary N) is 1. The van der Waals surface area contributed by atoms with Crippen LogP contribution in [0.4, 0.5) is 0 Å². The third-order valence-corrected chi connectivity index (χ3v) is 2.49. The molecule has 0 spiro atoms. The topological polar surface area (TPSA) is 81.2 Å². The maximum atomic E-state index is 11.4. The van der Waals surface area contributed by atoms with E-state index in [2.05, 4.69) is 10.3 Å². The molecule has 1 aromatic heterocycles. The number of rotatable bonds is 5. The molecular weight excluding hydrogens is 218 g/mol. The van der Waals surface area contributed by atoms with E-state index in [4.69, 9.17) is 10.2 Å². The Kier molecular flexibility index (Phi) is 3.72. The molecule has 1 heterocycles. The smallest absolute Gasteiger partial charge is 0.220 e. The first-order valence-electron chi connectivity index (χ1n) is 5.58. The van der Waals surface area contributed by atoms with Crippen molar-refractivity contribution in [3.05, 3.63) is 30.2 Å². The predicted molar refractivity (Wildman–Crippen MR) is 64.1 cm³/mol. The van der Waals surface area contributed by atoms with Crippen molar-refractivity contribution in [2.75, 3.05) is 6.54 Å². The van der Waals surface area contributed by atoms with Gasteiger partial charge in [0.25, 0.3) is 0 Å². The molecule has 0 unspecified atom stereocenters. The summed E-state index contributed by atoms with van der Waals surface area (Å²) in [4.78, 5) is 15.4. The van der Waals surface area contributed by atoms with E-state index >= 15 is 0 Å². The number of hydrogen-bond donors (Lipinski definition) is 2. The van der Waals surface area contributed by atoms with E-state index < -0.39 is 0 Å². The largest absolute Gasteiger partial charge is 0.443 e. The summed E-state index contributed by atoms with van der Waals surface area (Å²) >= 11 is 0. The van der Waals surface area contributed by atoms with E-state index in [1.54, 1.807) is 0 Å². The molecular formula is C12H15N3O2. The van der Waals surface area contributed by atoms with Crippen LogP contribution in [0.3, 0.4) is 0 Å². The minimum atomic E-state index is 0.0214. The average Bonchev–Trinajstić information content (AvgIpc) is 2.81. The van der Waals surface area contributed by atoms with Crippen LogP contribution in [0.15, 0.2) is 29.0 Å². The third-order valence-electron chi connectivity index (χ3n) is 2.49. The fourth-order valence-corrected chi connectivity index (χ4v) is 1.56. The Balaban J connectivity index is 1.92. The molecule has 0 bridgehead atoms. The maximum absolute atomic E-state index is 11.4. The van der Waals surface area contributed by atoms with Gasteiger partial charge >= 0.3 is 0 Å². The predicted octanol–water partition coefficient (Wildman–Crippen LogP) is 1.18. The van der Waals surface area contributed by atoms with Crippen molar-refractivity contribution in [2.24, 2.45) is 5.73 Å². The number of oxazole rings is 1. The van der Waals surface area contributed by atoms with Gasteiger partial charge in [-0.3, -0.25) is 4.79 Å². The highest BCUT2D eigenvalue weighted by atomic mass is 16.3. The van der Waals surface area contributed by atoms with Crippen LogP contribution in [0.2, 0.25) is 0 Å². The Morgan fingerprint density at radius 1 is 1.47 bits per heavy atom. The first kappa shape index (κ1) is 11.6. The highest BCUT2D eigenvalue weighted by Gasteiger charge is 2.03. The van der Waals surface area contributed by atoms with Crippen molar-refractivity contribution < 1.29 is 9.21 Å². The van der Waals surface area contributed by atoms with Gasteiger partial charge in [0.2, 0.25) is 5.91 Å². The summed E-state index contributed by atoms with van der Waals surface area (Å²) in [5.74, 6) is 0.0214. The summed E-state index contributed by atoms with van der Waals surface area (Å²) in [6.45, 7) is 1.04. The maximum Gasteiger partial charge on any atom is 0.220 e. The highest BCUT2D eigenvalue weighted by molar-refractivity contribution is 5.76. The zero-order chi connectivity index (χ0) is 12.1. The van der Waals surface area contributed by atoms with Gasteiger partial charge in [0.1, 0.15) is 5.52 Å². The fourth-order valence-electron chi connectivity index (χ4n) is 1.56. The molecule has 0 saturated carbocycles. The fraction of sp³-hybridized carbons (Fsp3) is 0.333. The molecule has 0 saturated heterocycles. The number of benzene rings is 1. The van der Waals surface area contributed by atoms with Crippen molar-refractivity contribution in [1.29, 1.82) is 0 Å². The second-order valence-electron chi connectivity index (χ2n) is 3.82. The van der Waals surface area contributed by atoms with Gasteiger partial charge < -0.3 is 15.5 Å². The first-order chi connectivity index (χ1) is 8.29. The minimum Gasteiger partial charge on any atom is -0.443 e. The molecule has 0 aliphatic rings. The lowest BCUT2D eigenvalue weighted by molar-refractivity contribution is -0.121. The molecule has 5 heteroatoms. The third kappa shape index (κ3) is 3.04. The number of carbonyl (C=O) groups excluding carboxylic acids is 1. The molecule has 2 aromatic rings. The highest BCUT2D eigenvalue weighted by Crippen LogP contribution is 2.13. The van der Waals surface area contributed by atoms with Crippen molar-refractivity contribution in [3.63, 3.8) is 0 Å². The average molecular weight is 233 g/mol. The second kappa shape index (κ2) is 5.45. The second-order valence-corrected chi connectivity index (χ2v) is 3.82. The zero-order valence-electron chi connectivity index (χ0n) is 9.48. The molecule has 0 atom stereocenters. The molecule has 17 heavy (non-hydrogen) atoms. The lowest BCUT2D eigenvalue weighted by Gasteiger charge is -2.04. The van der Waals surface area contributed by atoms with Crippen LogP contribution in [-0.2, 0) is 11.3 Å². The van der Waals surface area contributed by atoms with Gasteiger partial charge in [0, 0.05) is 13.0 Å². The standard InChI is InChI=1S/C12H15N3O2/c13-5-1-2-12(16)14-7-9-3-4-10-11(6-9)17-8-15-10/h3-4,6,8H,1-2,5,7,13H2,(H,14,16). The zero-order valence-corrected chi connectivity index (χ0v) is 9.48. The van der Waals surface area contributed by atoms with E-state index in [-0.39, 0.29) is 5.91 Å². The van der Waals surface area contributed by atoms with Crippen LogP contribution < -0.4 is 11.1 Å². The van der Waals surface area contributed by atoms with E-state index in [0.717, 1.165) is 16.7 Å². The molecule has 1 amide bonds. The summed E-state index contributed by atoms with van der Waals surface area (Å²) in [6.07, 6.45) is 2.60. The van der Waals surface area contributed by atoms with E-state index in [0.29, 0.717) is 25.9 Å². The summed E-state index contributed by atoms with van der Waals surface area (Å²) in [7, 11) is 0. The molecule has 2 rings (SSSR count). The molecule has 0 aliphatic heterocycles. The minimum absolute atomic E-state index is 0.0214. The number of nitrogens with two attached hydrogens (primary N) is 1. The lowest BCUT2D eigenvalue weighted by atomic mass is 10.2.